The molecule has 1 aromatic heterocycles. The van der Waals surface area contributed by atoms with Crippen LogP contribution in [0.2, 0.25) is 0 Å². The number of hydrogen-bond donors (Lipinski definition) is 0. The zero-order valence-corrected chi connectivity index (χ0v) is 10.5. The average molecular weight is 223 g/mol. The summed E-state index contributed by atoms with van der Waals surface area (Å²) in [6.45, 7) is 6.24. The van der Waals surface area contributed by atoms with Crippen LogP contribution in [0.1, 0.15) is 36.6 Å². The molecule has 84 valence electrons. The van der Waals surface area contributed by atoms with Crippen LogP contribution >= 0.6 is 11.3 Å². The van der Waals surface area contributed by atoms with Gasteiger partial charge in [0.2, 0.25) is 0 Å². The minimum atomic E-state index is 1.20. The first-order valence-electron chi connectivity index (χ1n) is 6.17. The van der Waals surface area contributed by atoms with Crippen LogP contribution < -0.4 is 0 Å². The van der Waals surface area contributed by atoms with Gasteiger partial charge in [0.25, 0.3) is 0 Å². The Labute approximate surface area is 97.1 Å². The van der Waals surface area contributed by atoms with E-state index in [9.17, 15) is 0 Å². The molecule has 0 atom stereocenters. The summed E-state index contributed by atoms with van der Waals surface area (Å²) in [4.78, 5) is 4.23. The monoisotopic (exact) mass is 223 g/mol. The quantitative estimate of drug-likeness (QED) is 0.740. The molecule has 0 amide bonds. The Kier molecular flexibility index (Phi) is 4.21. The zero-order chi connectivity index (χ0) is 10.5. The summed E-state index contributed by atoms with van der Waals surface area (Å²) >= 11 is 1.94. The fourth-order valence-electron chi connectivity index (χ4n) is 2.37. The van der Waals surface area contributed by atoms with Gasteiger partial charge < -0.3 is 4.90 Å². The van der Waals surface area contributed by atoms with Crippen molar-refractivity contribution < 1.29 is 0 Å². The maximum atomic E-state index is 2.61. The molecular formula is C13H21NS. The predicted octanol–water partition coefficient (Wildman–Crippen LogP) is 3.34. The molecule has 0 spiro atoms. The van der Waals surface area contributed by atoms with E-state index in [4.69, 9.17) is 0 Å². The summed E-state index contributed by atoms with van der Waals surface area (Å²) in [5, 5.41) is 2.24. The molecule has 1 saturated heterocycles. The zero-order valence-electron chi connectivity index (χ0n) is 9.67. The lowest BCUT2D eigenvalue weighted by Gasteiger charge is -2.13. The summed E-state index contributed by atoms with van der Waals surface area (Å²) in [7, 11) is 0. The van der Waals surface area contributed by atoms with Crippen molar-refractivity contribution in [3.8, 4) is 0 Å². The minimum absolute atomic E-state index is 1.20. The Morgan fingerprint density at radius 2 is 2.13 bits per heavy atom. The first-order chi connectivity index (χ1) is 7.40. The van der Waals surface area contributed by atoms with Crippen LogP contribution in [-0.4, -0.2) is 24.5 Å². The number of likely N-dealkylation sites (tertiary alicyclic amines) is 1. The summed E-state index contributed by atoms with van der Waals surface area (Å²) in [5.41, 5.74) is 1.57. The van der Waals surface area contributed by atoms with Gasteiger partial charge in [-0.05, 0) is 68.7 Å². The molecule has 2 heterocycles. The standard InChI is InChI=1S/C13H21NS/c1-2-12-7-11-15-13(12)6-5-10-14-8-3-4-9-14/h7,11H,2-6,8-10H2,1H3. The summed E-state index contributed by atoms with van der Waals surface area (Å²) in [5.74, 6) is 0. The van der Waals surface area contributed by atoms with Gasteiger partial charge in [0.1, 0.15) is 0 Å². The number of rotatable bonds is 5. The van der Waals surface area contributed by atoms with Crippen molar-refractivity contribution in [1.82, 2.24) is 4.90 Å². The molecule has 0 radical (unpaired) electrons. The van der Waals surface area contributed by atoms with Gasteiger partial charge in [0.05, 0.1) is 0 Å². The minimum Gasteiger partial charge on any atom is -0.303 e. The Balaban J connectivity index is 1.73. The fraction of sp³-hybridized carbons (Fsp3) is 0.692. The number of aryl methyl sites for hydroxylation is 2. The lowest BCUT2D eigenvalue weighted by Crippen LogP contribution is -2.20. The van der Waals surface area contributed by atoms with Crippen molar-refractivity contribution in [3.63, 3.8) is 0 Å². The molecule has 0 saturated carbocycles. The Morgan fingerprint density at radius 1 is 1.33 bits per heavy atom. The Hall–Kier alpha value is -0.340. The van der Waals surface area contributed by atoms with E-state index in [1.807, 2.05) is 11.3 Å². The smallest absolute Gasteiger partial charge is 0.00775 e. The van der Waals surface area contributed by atoms with E-state index in [1.54, 1.807) is 10.4 Å². The van der Waals surface area contributed by atoms with E-state index in [1.165, 1.54) is 51.7 Å². The molecule has 0 unspecified atom stereocenters. The number of nitrogens with zero attached hydrogens (tertiary/aromatic N) is 1. The molecule has 0 aromatic carbocycles. The highest BCUT2D eigenvalue weighted by molar-refractivity contribution is 7.10. The predicted molar refractivity (Wildman–Crippen MR) is 67.7 cm³/mol. The third-order valence-corrected chi connectivity index (χ3v) is 4.32. The van der Waals surface area contributed by atoms with Gasteiger partial charge in [0, 0.05) is 4.88 Å². The molecule has 2 rings (SSSR count). The lowest BCUT2D eigenvalue weighted by atomic mass is 10.1. The van der Waals surface area contributed by atoms with Gasteiger partial charge in [-0.2, -0.15) is 0 Å². The van der Waals surface area contributed by atoms with Crippen LogP contribution in [0.4, 0.5) is 0 Å². The third kappa shape index (κ3) is 3.05. The molecule has 1 aliphatic heterocycles. The van der Waals surface area contributed by atoms with Crippen molar-refractivity contribution in [2.45, 2.75) is 39.0 Å². The van der Waals surface area contributed by atoms with Crippen molar-refractivity contribution in [3.05, 3.63) is 21.9 Å². The van der Waals surface area contributed by atoms with Gasteiger partial charge >= 0.3 is 0 Å². The van der Waals surface area contributed by atoms with Crippen LogP contribution in [0.15, 0.2) is 11.4 Å². The lowest BCUT2D eigenvalue weighted by molar-refractivity contribution is 0.334. The second-order valence-electron chi connectivity index (χ2n) is 4.37. The molecule has 0 aliphatic carbocycles. The molecule has 2 heteroatoms. The van der Waals surface area contributed by atoms with Gasteiger partial charge in [0.15, 0.2) is 0 Å². The van der Waals surface area contributed by atoms with E-state index in [0.717, 1.165) is 0 Å². The van der Waals surface area contributed by atoms with Crippen molar-refractivity contribution in [1.29, 1.82) is 0 Å². The SMILES string of the molecule is CCc1ccsc1CCCN1CCCC1. The van der Waals surface area contributed by atoms with E-state index in [-0.39, 0.29) is 0 Å². The number of hydrogen-bond acceptors (Lipinski definition) is 2. The maximum absolute atomic E-state index is 2.61. The fourth-order valence-corrected chi connectivity index (χ4v) is 3.39. The third-order valence-electron chi connectivity index (χ3n) is 3.30. The summed E-state index contributed by atoms with van der Waals surface area (Å²) in [6.07, 6.45) is 6.66. The summed E-state index contributed by atoms with van der Waals surface area (Å²) in [6, 6.07) is 2.29. The number of thiophene rings is 1. The second-order valence-corrected chi connectivity index (χ2v) is 5.38. The first-order valence-corrected chi connectivity index (χ1v) is 7.05. The van der Waals surface area contributed by atoms with Gasteiger partial charge in [-0.3, -0.25) is 0 Å². The normalized spacial score (nSPS) is 17.4. The molecule has 0 N–H and O–H groups in total. The first kappa shape index (κ1) is 11.2. The van der Waals surface area contributed by atoms with Gasteiger partial charge in [-0.15, -0.1) is 11.3 Å². The highest BCUT2D eigenvalue weighted by atomic mass is 32.1. The molecule has 1 aromatic rings. The molecule has 1 nitrogen and oxygen atoms in total. The van der Waals surface area contributed by atoms with Crippen molar-refractivity contribution in [2.75, 3.05) is 19.6 Å². The average Bonchev–Trinajstić information content (AvgIpc) is 2.88. The molecular weight excluding hydrogens is 202 g/mol. The Bertz CT molecular complexity index is 286. The highest BCUT2D eigenvalue weighted by Gasteiger charge is 2.11. The van der Waals surface area contributed by atoms with Crippen LogP contribution in [0.3, 0.4) is 0 Å². The molecule has 15 heavy (non-hydrogen) atoms. The van der Waals surface area contributed by atoms with Crippen LogP contribution in [0, 0.1) is 0 Å². The van der Waals surface area contributed by atoms with Crippen LogP contribution in [-0.2, 0) is 12.8 Å². The highest BCUT2D eigenvalue weighted by Crippen LogP contribution is 2.19. The Morgan fingerprint density at radius 3 is 2.87 bits per heavy atom. The van der Waals surface area contributed by atoms with Gasteiger partial charge in [-0.1, -0.05) is 6.92 Å². The molecule has 1 aliphatic rings. The van der Waals surface area contributed by atoms with Crippen molar-refractivity contribution >= 4 is 11.3 Å². The maximum Gasteiger partial charge on any atom is 0.00775 e. The van der Waals surface area contributed by atoms with Crippen molar-refractivity contribution in [2.24, 2.45) is 0 Å². The van der Waals surface area contributed by atoms with E-state index < -0.39 is 0 Å². The topological polar surface area (TPSA) is 3.24 Å². The largest absolute Gasteiger partial charge is 0.303 e. The molecule has 1 fully saturated rings. The second kappa shape index (κ2) is 5.66. The van der Waals surface area contributed by atoms with E-state index in [0.29, 0.717) is 0 Å². The summed E-state index contributed by atoms with van der Waals surface area (Å²) < 4.78 is 0. The van der Waals surface area contributed by atoms with E-state index in [2.05, 4.69) is 23.3 Å². The van der Waals surface area contributed by atoms with Crippen LogP contribution in [0.25, 0.3) is 0 Å². The van der Waals surface area contributed by atoms with E-state index >= 15 is 0 Å². The van der Waals surface area contributed by atoms with Gasteiger partial charge in [-0.25, -0.2) is 0 Å². The van der Waals surface area contributed by atoms with Crippen LogP contribution in [0.5, 0.6) is 0 Å². The molecule has 0 bridgehead atoms.